The van der Waals surface area contributed by atoms with Crippen LogP contribution >= 0.6 is 0 Å². The van der Waals surface area contributed by atoms with Crippen LogP contribution in [0, 0.1) is 0 Å². The van der Waals surface area contributed by atoms with Crippen molar-refractivity contribution in [3.63, 3.8) is 0 Å². The van der Waals surface area contributed by atoms with Gasteiger partial charge in [0.2, 0.25) is 5.91 Å². The van der Waals surface area contributed by atoms with Crippen LogP contribution in [-0.4, -0.2) is 13.0 Å². The third kappa shape index (κ3) is 3.37. The SMILES string of the molecule is CC=C(C=C(C)C(=O)NC)CC. The summed E-state index contributed by atoms with van der Waals surface area (Å²) in [7, 11) is 1.64. The number of hydrogen-bond donors (Lipinski definition) is 1. The summed E-state index contributed by atoms with van der Waals surface area (Å²) in [6.45, 7) is 5.87. The van der Waals surface area contributed by atoms with E-state index in [9.17, 15) is 4.79 Å². The summed E-state index contributed by atoms with van der Waals surface area (Å²) >= 11 is 0. The molecule has 0 spiro atoms. The lowest BCUT2D eigenvalue weighted by Crippen LogP contribution is -2.18. The largest absolute Gasteiger partial charge is 0.355 e. The lowest BCUT2D eigenvalue weighted by Gasteiger charge is -2.00. The number of allylic oxidation sites excluding steroid dienone is 3. The molecule has 0 fully saturated rings. The molecule has 68 valence electrons. The number of hydrogen-bond acceptors (Lipinski definition) is 1. The van der Waals surface area contributed by atoms with E-state index in [1.807, 2.05) is 26.0 Å². The van der Waals surface area contributed by atoms with Gasteiger partial charge in [0.1, 0.15) is 0 Å². The molecule has 0 heterocycles. The normalized spacial score (nSPS) is 13.0. The van der Waals surface area contributed by atoms with E-state index in [0.717, 1.165) is 12.0 Å². The van der Waals surface area contributed by atoms with Crippen LogP contribution in [0.1, 0.15) is 27.2 Å². The van der Waals surface area contributed by atoms with Gasteiger partial charge in [0.05, 0.1) is 0 Å². The summed E-state index contributed by atoms with van der Waals surface area (Å²) in [6.07, 6.45) is 4.90. The van der Waals surface area contributed by atoms with E-state index in [1.165, 1.54) is 5.57 Å². The van der Waals surface area contributed by atoms with Crippen molar-refractivity contribution in [1.29, 1.82) is 0 Å². The van der Waals surface area contributed by atoms with E-state index in [4.69, 9.17) is 0 Å². The van der Waals surface area contributed by atoms with Crippen LogP contribution in [0.15, 0.2) is 23.3 Å². The standard InChI is InChI=1S/C10H17NO/c1-5-9(6-2)7-8(3)10(12)11-4/h5,7H,6H2,1-4H3,(H,11,12). The van der Waals surface area contributed by atoms with Gasteiger partial charge < -0.3 is 5.32 Å². The highest BCUT2D eigenvalue weighted by molar-refractivity contribution is 5.93. The molecule has 0 aliphatic heterocycles. The third-order valence-corrected chi connectivity index (χ3v) is 1.77. The van der Waals surface area contributed by atoms with Crippen LogP contribution in [0.2, 0.25) is 0 Å². The molecule has 0 unspecified atom stereocenters. The molecule has 0 atom stereocenters. The monoisotopic (exact) mass is 167 g/mol. The maximum absolute atomic E-state index is 11.1. The third-order valence-electron chi connectivity index (χ3n) is 1.77. The minimum Gasteiger partial charge on any atom is -0.355 e. The summed E-state index contributed by atoms with van der Waals surface area (Å²) in [5.41, 5.74) is 1.95. The Balaban J connectivity index is 4.44. The van der Waals surface area contributed by atoms with E-state index in [2.05, 4.69) is 12.2 Å². The molecule has 0 saturated carbocycles. The average Bonchev–Trinajstić information content (AvgIpc) is 2.12. The first-order chi connectivity index (χ1) is 5.65. The van der Waals surface area contributed by atoms with Crippen molar-refractivity contribution in [3.8, 4) is 0 Å². The highest BCUT2D eigenvalue weighted by Crippen LogP contribution is 2.05. The molecule has 2 nitrogen and oxygen atoms in total. The zero-order valence-electron chi connectivity index (χ0n) is 8.27. The number of carbonyl (C=O) groups excluding carboxylic acids is 1. The van der Waals surface area contributed by atoms with Gasteiger partial charge in [-0.15, -0.1) is 0 Å². The highest BCUT2D eigenvalue weighted by atomic mass is 16.1. The van der Waals surface area contributed by atoms with E-state index >= 15 is 0 Å². The quantitative estimate of drug-likeness (QED) is 0.506. The predicted octanol–water partition coefficient (Wildman–Crippen LogP) is 2.04. The molecule has 0 aromatic carbocycles. The fraction of sp³-hybridized carbons (Fsp3) is 0.500. The maximum Gasteiger partial charge on any atom is 0.246 e. The zero-order valence-corrected chi connectivity index (χ0v) is 8.27. The van der Waals surface area contributed by atoms with Crippen LogP contribution in [0.25, 0.3) is 0 Å². The van der Waals surface area contributed by atoms with Gasteiger partial charge in [-0.05, 0) is 20.3 Å². The Morgan fingerprint density at radius 2 is 2.08 bits per heavy atom. The molecular weight excluding hydrogens is 150 g/mol. The minimum atomic E-state index is -0.0113. The van der Waals surface area contributed by atoms with E-state index < -0.39 is 0 Å². The Bertz CT molecular complexity index is 214. The Morgan fingerprint density at radius 1 is 1.50 bits per heavy atom. The fourth-order valence-corrected chi connectivity index (χ4v) is 0.930. The molecule has 0 aliphatic rings. The van der Waals surface area contributed by atoms with Crippen molar-refractivity contribution in [2.24, 2.45) is 0 Å². The van der Waals surface area contributed by atoms with Crippen LogP contribution < -0.4 is 5.32 Å². The number of carbonyl (C=O) groups is 1. The predicted molar refractivity (Wildman–Crippen MR) is 51.9 cm³/mol. The Hall–Kier alpha value is -1.05. The molecule has 2 heteroatoms. The van der Waals surface area contributed by atoms with Crippen LogP contribution in [0.4, 0.5) is 0 Å². The Kier molecular flexibility index (Phi) is 5.09. The smallest absolute Gasteiger partial charge is 0.246 e. The first-order valence-electron chi connectivity index (χ1n) is 4.21. The molecule has 0 radical (unpaired) electrons. The Morgan fingerprint density at radius 3 is 2.42 bits per heavy atom. The lowest BCUT2D eigenvalue weighted by molar-refractivity contribution is -0.116. The summed E-state index contributed by atoms with van der Waals surface area (Å²) in [5.74, 6) is -0.0113. The van der Waals surface area contributed by atoms with Gasteiger partial charge in [-0.1, -0.05) is 24.6 Å². The topological polar surface area (TPSA) is 29.1 Å². The molecule has 0 saturated heterocycles. The molecule has 1 N–H and O–H groups in total. The van der Waals surface area contributed by atoms with Crippen molar-refractivity contribution in [3.05, 3.63) is 23.3 Å². The van der Waals surface area contributed by atoms with E-state index in [1.54, 1.807) is 7.05 Å². The first-order valence-corrected chi connectivity index (χ1v) is 4.21. The second kappa shape index (κ2) is 5.58. The van der Waals surface area contributed by atoms with Gasteiger partial charge in [0, 0.05) is 12.6 Å². The van der Waals surface area contributed by atoms with Crippen molar-refractivity contribution >= 4 is 5.91 Å². The van der Waals surface area contributed by atoms with Crippen LogP contribution in [0.3, 0.4) is 0 Å². The van der Waals surface area contributed by atoms with Gasteiger partial charge in [-0.3, -0.25) is 4.79 Å². The molecule has 0 aromatic rings. The van der Waals surface area contributed by atoms with Gasteiger partial charge in [-0.2, -0.15) is 0 Å². The van der Waals surface area contributed by atoms with E-state index in [0.29, 0.717) is 0 Å². The summed E-state index contributed by atoms with van der Waals surface area (Å²) < 4.78 is 0. The van der Waals surface area contributed by atoms with Crippen molar-refractivity contribution < 1.29 is 4.79 Å². The molecule has 0 rings (SSSR count). The number of rotatable bonds is 3. The maximum atomic E-state index is 11.1. The molecule has 0 aromatic heterocycles. The molecular formula is C10H17NO. The summed E-state index contributed by atoms with van der Waals surface area (Å²) in [6, 6.07) is 0. The second-order valence-corrected chi connectivity index (χ2v) is 2.62. The fourth-order valence-electron chi connectivity index (χ4n) is 0.930. The highest BCUT2D eigenvalue weighted by Gasteiger charge is 1.99. The summed E-state index contributed by atoms with van der Waals surface area (Å²) in [5, 5.41) is 2.58. The average molecular weight is 167 g/mol. The molecule has 12 heavy (non-hydrogen) atoms. The minimum absolute atomic E-state index is 0.0113. The van der Waals surface area contributed by atoms with Gasteiger partial charge >= 0.3 is 0 Å². The van der Waals surface area contributed by atoms with Gasteiger partial charge in [0.15, 0.2) is 0 Å². The second-order valence-electron chi connectivity index (χ2n) is 2.62. The Labute approximate surface area is 74.4 Å². The number of nitrogens with one attached hydrogen (secondary N) is 1. The molecule has 0 bridgehead atoms. The molecule has 1 amide bonds. The number of amides is 1. The van der Waals surface area contributed by atoms with Crippen molar-refractivity contribution in [1.82, 2.24) is 5.32 Å². The summed E-state index contributed by atoms with van der Waals surface area (Å²) in [4.78, 5) is 11.1. The first kappa shape index (κ1) is 11.0. The molecule has 0 aliphatic carbocycles. The number of likely N-dealkylation sites (N-methyl/N-ethyl adjacent to an activating group) is 1. The van der Waals surface area contributed by atoms with Crippen LogP contribution in [0.5, 0.6) is 0 Å². The van der Waals surface area contributed by atoms with Gasteiger partial charge in [-0.25, -0.2) is 0 Å². The zero-order chi connectivity index (χ0) is 9.56. The van der Waals surface area contributed by atoms with Gasteiger partial charge in [0.25, 0.3) is 0 Å². The van der Waals surface area contributed by atoms with E-state index in [-0.39, 0.29) is 5.91 Å². The van der Waals surface area contributed by atoms with Crippen molar-refractivity contribution in [2.45, 2.75) is 27.2 Å². The van der Waals surface area contributed by atoms with Crippen LogP contribution in [-0.2, 0) is 4.79 Å². The van der Waals surface area contributed by atoms with Crippen molar-refractivity contribution in [2.75, 3.05) is 7.05 Å². The lowest BCUT2D eigenvalue weighted by atomic mass is 10.1.